The maximum Gasteiger partial charge on any atom is 0.407 e. The zero-order chi connectivity index (χ0) is 22.2. The molecule has 2 aliphatic carbocycles. The second-order valence-corrected chi connectivity index (χ2v) is 9.47. The molecule has 2 N–H and O–H groups in total. The van der Waals surface area contributed by atoms with Crippen molar-refractivity contribution in [2.45, 2.75) is 18.4 Å². The lowest BCUT2D eigenvalue weighted by molar-refractivity contribution is -0.148. The number of hydrogen-bond acceptors (Lipinski definition) is 5. The average Bonchev–Trinajstić information content (AvgIpc) is 3.27. The van der Waals surface area contributed by atoms with Crippen molar-refractivity contribution in [1.29, 1.82) is 0 Å². The van der Waals surface area contributed by atoms with E-state index in [0.717, 1.165) is 11.1 Å². The Morgan fingerprint density at radius 3 is 2.38 bits per heavy atom. The number of carbonyl (C=O) groups is 3. The van der Waals surface area contributed by atoms with E-state index in [1.807, 2.05) is 24.3 Å². The van der Waals surface area contributed by atoms with Crippen LogP contribution in [0.2, 0.25) is 0 Å². The number of ether oxygens (including phenoxy) is 1. The Kier molecular flexibility index (Phi) is 5.55. The quantitative estimate of drug-likeness (QED) is 0.699. The summed E-state index contributed by atoms with van der Waals surface area (Å²) in [5.41, 5.74) is 4.67. The van der Waals surface area contributed by atoms with Crippen molar-refractivity contribution in [1.82, 2.24) is 10.2 Å². The first-order chi connectivity index (χ1) is 15.5. The third kappa shape index (κ3) is 3.83. The first-order valence-electron chi connectivity index (χ1n) is 10.7. The minimum absolute atomic E-state index is 0.00372. The highest BCUT2D eigenvalue weighted by Crippen LogP contribution is 2.44. The van der Waals surface area contributed by atoms with Crippen molar-refractivity contribution in [2.24, 2.45) is 11.8 Å². The van der Waals surface area contributed by atoms with Gasteiger partial charge in [0.05, 0.1) is 5.88 Å². The fourth-order valence-corrected chi connectivity index (χ4v) is 5.87. The minimum Gasteiger partial charge on any atom is -0.480 e. The standard InChI is InChI=1S/C24H24N2O5S/c27-22(26-13-32-12-21(26)23(28)29)19-9-14(19)10-25-24(30)31-11-20-17-7-3-1-5-15(17)16-6-2-4-8-18(16)20/h1-8,14,19-21H,9-13H2,(H,25,30)(H,28,29)/t14?,19?,21-/m0/s1. The van der Waals surface area contributed by atoms with Gasteiger partial charge < -0.3 is 20.1 Å². The molecule has 3 atom stereocenters. The third-order valence-electron chi connectivity index (χ3n) is 6.54. The van der Waals surface area contributed by atoms with Crippen LogP contribution in [0.15, 0.2) is 48.5 Å². The molecule has 5 rings (SSSR count). The van der Waals surface area contributed by atoms with Gasteiger partial charge in [-0.05, 0) is 34.6 Å². The van der Waals surface area contributed by atoms with E-state index in [-0.39, 0.29) is 30.3 Å². The summed E-state index contributed by atoms with van der Waals surface area (Å²) < 4.78 is 5.54. The van der Waals surface area contributed by atoms with Gasteiger partial charge in [0.25, 0.3) is 0 Å². The maximum atomic E-state index is 12.6. The Bertz CT molecular complexity index is 1030. The molecule has 0 bridgehead atoms. The van der Waals surface area contributed by atoms with Gasteiger partial charge in [0, 0.05) is 24.1 Å². The van der Waals surface area contributed by atoms with Gasteiger partial charge in [-0.25, -0.2) is 9.59 Å². The summed E-state index contributed by atoms with van der Waals surface area (Å²) in [6.45, 7) is 0.601. The molecule has 1 saturated heterocycles. The second-order valence-electron chi connectivity index (χ2n) is 8.47. The summed E-state index contributed by atoms with van der Waals surface area (Å²) in [5, 5.41) is 12.0. The third-order valence-corrected chi connectivity index (χ3v) is 7.55. The smallest absolute Gasteiger partial charge is 0.407 e. The molecule has 2 aromatic rings. The van der Waals surface area contributed by atoms with E-state index in [1.165, 1.54) is 27.8 Å². The van der Waals surface area contributed by atoms with Gasteiger partial charge in [0.15, 0.2) is 0 Å². The van der Waals surface area contributed by atoms with Crippen LogP contribution in [-0.4, -0.2) is 58.8 Å². The summed E-state index contributed by atoms with van der Waals surface area (Å²) in [5.74, 6) is -0.425. The zero-order valence-corrected chi connectivity index (χ0v) is 18.2. The molecule has 8 heteroatoms. The Hall–Kier alpha value is -3.00. The number of alkyl carbamates (subject to hydrolysis) is 1. The molecule has 2 unspecified atom stereocenters. The molecule has 1 aliphatic heterocycles. The van der Waals surface area contributed by atoms with E-state index in [0.29, 0.717) is 24.6 Å². The Morgan fingerprint density at radius 2 is 1.72 bits per heavy atom. The van der Waals surface area contributed by atoms with E-state index in [2.05, 4.69) is 29.6 Å². The number of amides is 2. The van der Waals surface area contributed by atoms with Gasteiger partial charge in [-0.3, -0.25) is 4.79 Å². The predicted molar refractivity (Wildman–Crippen MR) is 120 cm³/mol. The lowest BCUT2D eigenvalue weighted by atomic mass is 9.98. The molecular formula is C24H24N2O5S. The molecule has 2 amide bonds. The molecule has 166 valence electrons. The number of hydrogen-bond donors (Lipinski definition) is 2. The first-order valence-corrected chi connectivity index (χ1v) is 11.9. The Labute approximate surface area is 190 Å². The van der Waals surface area contributed by atoms with E-state index < -0.39 is 18.1 Å². The minimum atomic E-state index is -0.961. The van der Waals surface area contributed by atoms with Gasteiger partial charge in [0.1, 0.15) is 12.6 Å². The summed E-state index contributed by atoms with van der Waals surface area (Å²) >= 11 is 1.46. The van der Waals surface area contributed by atoms with Crippen LogP contribution in [-0.2, 0) is 14.3 Å². The van der Waals surface area contributed by atoms with E-state index in [9.17, 15) is 19.5 Å². The van der Waals surface area contributed by atoms with Crippen molar-refractivity contribution in [3.8, 4) is 11.1 Å². The Morgan fingerprint density at radius 1 is 1.06 bits per heavy atom. The first kappa shape index (κ1) is 20.9. The molecular weight excluding hydrogens is 428 g/mol. The van der Waals surface area contributed by atoms with Crippen LogP contribution in [0.4, 0.5) is 4.79 Å². The van der Waals surface area contributed by atoms with E-state index in [1.54, 1.807) is 0 Å². The molecule has 2 aromatic carbocycles. The van der Waals surface area contributed by atoms with Gasteiger partial charge in [-0.2, -0.15) is 0 Å². The predicted octanol–water partition coefficient (Wildman–Crippen LogP) is 3.15. The largest absolute Gasteiger partial charge is 0.480 e. The van der Waals surface area contributed by atoms with Crippen LogP contribution < -0.4 is 5.32 Å². The number of aliphatic carboxylic acids is 1. The molecule has 7 nitrogen and oxygen atoms in total. The number of rotatable bonds is 6. The average molecular weight is 453 g/mol. The van der Waals surface area contributed by atoms with Crippen molar-refractivity contribution < 1.29 is 24.2 Å². The monoisotopic (exact) mass is 452 g/mol. The molecule has 0 spiro atoms. The number of thioether (sulfide) groups is 1. The highest BCUT2D eigenvalue weighted by molar-refractivity contribution is 7.99. The van der Waals surface area contributed by atoms with Gasteiger partial charge in [-0.15, -0.1) is 11.8 Å². The number of carboxylic acid groups (broad SMARTS) is 1. The fraction of sp³-hybridized carbons (Fsp3) is 0.375. The van der Waals surface area contributed by atoms with Crippen molar-refractivity contribution in [3.05, 3.63) is 59.7 Å². The summed E-state index contributed by atoms with van der Waals surface area (Å²) in [7, 11) is 0. The number of carbonyl (C=O) groups excluding carboxylic acids is 2. The van der Waals surface area contributed by atoms with Crippen molar-refractivity contribution >= 4 is 29.7 Å². The van der Waals surface area contributed by atoms with Crippen LogP contribution in [0.1, 0.15) is 23.5 Å². The van der Waals surface area contributed by atoms with Crippen LogP contribution in [0.3, 0.4) is 0 Å². The van der Waals surface area contributed by atoms with Crippen LogP contribution in [0.25, 0.3) is 11.1 Å². The molecule has 32 heavy (non-hydrogen) atoms. The number of carboxylic acids is 1. The summed E-state index contributed by atoms with van der Waals surface area (Å²) in [4.78, 5) is 37.7. The summed E-state index contributed by atoms with van der Waals surface area (Å²) in [6, 6.07) is 15.6. The van der Waals surface area contributed by atoms with Crippen molar-refractivity contribution in [3.63, 3.8) is 0 Å². The van der Waals surface area contributed by atoms with Crippen molar-refractivity contribution in [2.75, 3.05) is 24.8 Å². The van der Waals surface area contributed by atoms with Gasteiger partial charge in [-0.1, -0.05) is 48.5 Å². The summed E-state index contributed by atoms with van der Waals surface area (Å²) in [6.07, 6.45) is 0.167. The van der Waals surface area contributed by atoms with Gasteiger partial charge in [0.2, 0.25) is 5.91 Å². The van der Waals surface area contributed by atoms with Crippen LogP contribution >= 0.6 is 11.8 Å². The van der Waals surface area contributed by atoms with Gasteiger partial charge >= 0.3 is 12.1 Å². The normalized spacial score (nSPS) is 23.4. The number of nitrogens with one attached hydrogen (secondary N) is 1. The highest BCUT2D eigenvalue weighted by atomic mass is 32.2. The van der Waals surface area contributed by atoms with Crippen LogP contribution in [0, 0.1) is 11.8 Å². The van der Waals surface area contributed by atoms with E-state index in [4.69, 9.17) is 4.74 Å². The zero-order valence-electron chi connectivity index (χ0n) is 17.4. The maximum absolute atomic E-state index is 12.6. The number of benzene rings is 2. The number of nitrogens with zero attached hydrogens (tertiary/aromatic N) is 1. The van der Waals surface area contributed by atoms with Crippen LogP contribution in [0.5, 0.6) is 0 Å². The molecule has 2 fully saturated rings. The molecule has 3 aliphatic rings. The lowest BCUT2D eigenvalue weighted by Gasteiger charge is -2.20. The second kappa shape index (κ2) is 8.50. The molecule has 0 aromatic heterocycles. The molecule has 1 heterocycles. The highest BCUT2D eigenvalue weighted by Gasteiger charge is 2.48. The number of fused-ring (bicyclic) bond motifs is 3. The lowest BCUT2D eigenvalue weighted by Crippen LogP contribution is -2.43. The molecule has 1 saturated carbocycles. The molecule has 0 radical (unpaired) electrons. The Balaban J connectivity index is 1.12. The topological polar surface area (TPSA) is 95.9 Å². The fourth-order valence-electron chi connectivity index (χ4n) is 4.72. The van der Waals surface area contributed by atoms with E-state index >= 15 is 0 Å². The SMILES string of the molecule is O=C(NCC1CC1C(=O)N1CSC[C@H]1C(=O)O)OCC1c2ccccc2-c2ccccc21.